The molecule has 232 valence electrons. The Bertz CT molecular complexity index is 2020. The molecule has 6 aromatic rings. The zero-order valence-electron chi connectivity index (χ0n) is 25.8. The largest absolute Gasteiger partial charge is 0.451 e. The van der Waals surface area contributed by atoms with E-state index >= 15 is 0 Å². The number of para-hydroxylation sites is 1. The summed E-state index contributed by atoms with van der Waals surface area (Å²) >= 11 is 0. The van der Waals surface area contributed by atoms with Gasteiger partial charge in [0.25, 0.3) is 5.56 Å². The van der Waals surface area contributed by atoms with Gasteiger partial charge < -0.3 is 24.8 Å². The van der Waals surface area contributed by atoms with E-state index in [-0.39, 0.29) is 17.9 Å². The summed E-state index contributed by atoms with van der Waals surface area (Å²) < 4.78 is 9.72. The van der Waals surface area contributed by atoms with Crippen LogP contribution in [0.25, 0.3) is 16.7 Å². The number of anilines is 3. The van der Waals surface area contributed by atoms with E-state index in [9.17, 15) is 4.79 Å². The topological polar surface area (TPSA) is 115 Å². The van der Waals surface area contributed by atoms with Crippen LogP contribution in [0.15, 0.2) is 103 Å². The highest BCUT2D eigenvalue weighted by Crippen LogP contribution is 2.27. The van der Waals surface area contributed by atoms with Crippen molar-refractivity contribution in [2.24, 2.45) is 0 Å². The lowest BCUT2D eigenvalue weighted by atomic mass is 10.1. The van der Waals surface area contributed by atoms with Crippen molar-refractivity contribution >= 4 is 28.4 Å². The van der Waals surface area contributed by atoms with Gasteiger partial charge >= 0.3 is 0 Å². The first kappa shape index (κ1) is 29.2. The van der Waals surface area contributed by atoms with Gasteiger partial charge in [-0.2, -0.15) is 4.98 Å². The van der Waals surface area contributed by atoms with E-state index in [0.717, 1.165) is 41.4 Å². The zero-order valence-corrected chi connectivity index (χ0v) is 25.8. The molecule has 2 N–H and O–H groups in total. The molecule has 1 aliphatic heterocycles. The maximum Gasteiger partial charge on any atom is 0.295 e. The van der Waals surface area contributed by atoms with Gasteiger partial charge in [-0.25, -0.2) is 9.97 Å². The van der Waals surface area contributed by atoms with Gasteiger partial charge in [0.15, 0.2) is 5.75 Å². The Morgan fingerprint density at radius 2 is 1.85 bits per heavy atom. The Kier molecular flexibility index (Phi) is 8.13. The van der Waals surface area contributed by atoms with Gasteiger partial charge in [-0.3, -0.25) is 14.3 Å². The molecule has 0 radical (unpaired) electrons. The second kappa shape index (κ2) is 12.8. The molecular formula is C35H35N9O2. The molecule has 0 spiro atoms. The normalized spacial score (nSPS) is 14.7. The third-order valence-electron chi connectivity index (χ3n) is 8.43. The minimum Gasteiger partial charge on any atom is -0.451 e. The number of nitrogens with one attached hydrogen (secondary N) is 2. The van der Waals surface area contributed by atoms with Crippen LogP contribution in [0.1, 0.15) is 24.1 Å². The van der Waals surface area contributed by atoms with Gasteiger partial charge in [-0.1, -0.05) is 18.2 Å². The van der Waals surface area contributed by atoms with E-state index in [1.165, 1.54) is 12.8 Å². The summed E-state index contributed by atoms with van der Waals surface area (Å²) in [6, 6.07) is 21.8. The van der Waals surface area contributed by atoms with E-state index in [4.69, 9.17) is 9.72 Å². The van der Waals surface area contributed by atoms with Crippen molar-refractivity contribution in [3.63, 3.8) is 0 Å². The smallest absolute Gasteiger partial charge is 0.295 e. The van der Waals surface area contributed by atoms with Crippen LogP contribution >= 0.6 is 0 Å². The number of benzene rings is 2. The molecule has 1 fully saturated rings. The molecule has 1 saturated heterocycles. The van der Waals surface area contributed by atoms with E-state index in [1.54, 1.807) is 41.7 Å². The van der Waals surface area contributed by atoms with Crippen LogP contribution < -0.4 is 25.8 Å². The molecule has 0 aliphatic carbocycles. The van der Waals surface area contributed by atoms with Crippen molar-refractivity contribution in [2.45, 2.75) is 32.4 Å². The molecule has 7 rings (SSSR count). The van der Waals surface area contributed by atoms with Gasteiger partial charge in [0.2, 0.25) is 5.95 Å². The fourth-order valence-corrected chi connectivity index (χ4v) is 5.82. The number of imidazole rings is 1. The fourth-order valence-electron chi connectivity index (χ4n) is 5.82. The molecule has 2 aromatic carbocycles. The maximum absolute atomic E-state index is 14.1. The predicted octanol–water partition coefficient (Wildman–Crippen LogP) is 5.45. The highest BCUT2D eigenvalue weighted by Gasteiger charge is 2.19. The molecule has 0 bridgehead atoms. The summed E-state index contributed by atoms with van der Waals surface area (Å²) in [5.74, 6) is 1.18. The van der Waals surface area contributed by atoms with Crippen LogP contribution in [0.5, 0.6) is 11.5 Å². The van der Waals surface area contributed by atoms with Crippen LogP contribution in [0.3, 0.4) is 0 Å². The number of fused-ring (bicyclic) bond motifs is 1. The summed E-state index contributed by atoms with van der Waals surface area (Å²) in [6.07, 6.45) is 11.0. The molecular weight excluding hydrogens is 578 g/mol. The monoisotopic (exact) mass is 613 g/mol. The quantitative estimate of drug-likeness (QED) is 0.220. The molecule has 1 aliphatic rings. The van der Waals surface area contributed by atoms with Crippen LogP contribution in [-0.2, 0) is 6.54 Å². The molecule has 5 heterocycles. The van der Waals surface area contributed by atoms with Gasteiger partial charge in [-0.05, 0) is 80.4 Å². The van der Waals surface area contributed by atoms with E-state index in [1.807, 2.05) is 60.0 Å². The molecule has 1 atom stereocenters. The third-order valence-corrected chi connectivity index (χ3v) is 8.43. The molecule has 46 heavy (non-hydrogen) atoms. The Morgan fingerprint density at radius 1 is 1.02 bits per heavy atom. The summed E-state index contributed by atoms with van der Waals surface area (Å²) in [5, 5.41) is 7.48. The summed E-state index contributed by atoms with van der Waals surface area (Å²) in [7, 11) is 2.14. The van der Waals surface area contributed by atoms with Crippen molar-refractivity contribution in [1.82, 2.24) is 34.4 Å². The molecule has 1 unspecified atom stereocenters. The van der Waals surface area contributed by atoms with Crippen molar-refractivity contribution in [2.75, 3.05) is 30.4 Å². The summed E-state index contributed by atoms with van der Waals surface area (Å²) in [6.45, 7) is 4.23. The maximum atomic E-state index is 14.1. The van der Waals surface area contributed by atoms with Gasteiger partial charge in [0.05, 0.1) is 24.8 Å². The first-order chi connectivity index (χ1) is 22.5. The molecule has 11 nitrogen and oxygen atoms in total. The number of pyridine rings is 2. The lowest BCUT2D eigenvalue weighted by Crippen LogP contribution is -2.44. The lowest BCUT2D eigenvalue weighted by Gasteiger charge is -2.33. The van der Waals surface area contributed by atoms with Crippen LogP contribution in [0.2, 0.25) is 0 Å². The minimum atomic E-state index is -0.313. The third kappa shape index (κ3) is 6.04. The first-order valence-corrected chi connectivity index (χ1v) is 15.4. The van der Waals surface area contributed by atoms with Crippen LogP contribution in [0.4, 0.5) is 17.3 Å². The number of ether oxygens (including phenoxy) is 1. The number of aryl methyl sites for hydroxylation is 1. The predicted molar refractivity (Wildman–Crippen MR) is 180 cm³/mol. The second-order valence-electron chi connectivity index (χ2n) is 11.5. The number of nitrogens with zero attached hydrogens (tertiary/aromatic N) is 7. The average molecular weight is 614 g/mol. The average Bonchev–Trinajstić information content (AvgIpc) is 3.57. The van der Waals surface area contributed by atoms with Gasteiger partial charge in [-0.15, -0.1) is 0 Å². The number of hydrogen-bond donors (Lipinski definition) is 2. The first-order valence-electron chi connectivity index (χ1n) is 15.4. The number of rotatable bonds is 9. The number of aromatic nitrogens is 6. The van der Waals surface area contributed by atoms with Crippen LogP contribution in [0, 0.1) is 6.92 Å². The minimum absolute atomic E-state index is 0.189. The number of hydrogen-bond acceptors (Lipinski definition) is 9. The summed E-state index contributed by atoms with van der Waals surface area (Å²) in [5.41, 5.74) is 4.77. The Labute approximate surface area is 266 Å². The molecule has 11 heteroatoms. The fraction of sp³-hybridized carbons (Fsp3) is 0.229. The second-order valence-corrected chi connectivity index (χ2v) is 11.5. The standard InChI is InChI=1S/C35H35N9O2/c1-24-6-3-4-8-31(24)46-32-18-25-19-39-35(40-26-9-11-27(12-10-26)42(2)29-7-5-15-37-20-29)41-33(25)43(34(32)45)22-30-21-38-23-44(30)28-13-16-36-17-14-28/h3-4,6,8-14,16-19,21,23,29,37H,5,7,15,20,22H2,1-2H3,(H,39,40,41). The van der Waals surface area contributed by atoms with Crippen molar-refractivity contribution in [3.05, 3.63) is 119 Å². The summed E-state index contributed by atoms with van der Waals surface area (Å²) in [4.78, 5) is 34.3. The Balaban J connectivity index is 1.23. The van der Waals surface area contributed by atoms with E-state index in [0.29, 0.717) is 28.8 Å². The van der Waals surface area contributed by atoms with Crippen molar-refractivity contribution in [1.29, 1.82) is 0 Å². The Morgan fingerprint density at radius 3 is 2.63 bits per heavy atom. The highest BCUT2D eigenvalue weighted by atomic mass is 16.5. The van der Waals surface area contributed by atoms with Crippen molar-refractivity contribution < 1.29 is 4.74 Å². The molecule has 4 aromatic heterocycles. The molecule has 0 amide bonds. The van der Waals surface area contributed by atoms with Crippen molar-refractivity contribution in [3.8, 4) is 17.2 Å². The van der Waals surface area contributed by atoms with E-state index < -0.39 is 0 Å². The lowest BCUT2D eigenvalue weighted by molar-refractivity contribution is 0.445. The van der Waals surface area contributed by atoms with Crippen LogP contribution in [-0.4, -0.2) is 55.2 Å². The SMILES string of the molecule is Cc1ccccc1Oc1cc2cnc(Nc3ccc(N(C)C4CCCNC4)cc3)nc2n(Cc2cncn2-c2ccncc2)c1=O. The molecule has 0 saturated carbocycles. The highest BCUT2D eigenvalue weighted by molar-refractivity contribution is 5.77. The number of piperidine rings is 1. The Hall–Kier alpha value is -5.55. The van der Waals surface area contributed by atoms with Gasteiger partial charge in [0.1, 0.15) is 11.4 Å². The zero-order chi connectivity index (χ0) is 31.5. The van der Waals surface area contributed by atoms with Gasteiger partial charge in [0, 0.05) is 60.7 Å². The van der Waals surface area contributed by atoms with E-state index in [2.05, 4.69) is 49.7 Å². The number of likely N-dealkylation sites (N-methyl/N-ethyl adjacent to an activating group) is 1.